The Morgan fingerprint density at radius 2 is 1.09 bits per heavy atom. The number of thiazole rings is 1. The summed E-state index contributed by atoms with van der Waals surface area (Å²) < 4.78 is 12.6. The van der Waals surface area contributed by atoms with E-state index in [0.29, 0.717) is 0 Å². The van der Waals surface area contributed by atoms with Crippen LogP contribution in [0.4, 0.5) is 17.1 Å². The maximum Gasteiger partial charge on any atom is 0.143 e. The number of hydrogen-bond donors (Lipinski definition) is 0. The highest BCUT2D eigenvalue weighted by Crippen LogP contribution is 2.49. The van der Waals surface area contributed by atoms with Crippen molar-refractivity contribution in [1.82, 2.24) is 8.97 Å². The molecule has 0 amide bonds. The maximum atomic E-state index is 6.55. The van der Waals surface area contributed by atoms with Gasteiger partial charge in [-0.05, 0) is 84.4 Å². The summed E-state index contributed by atoms with van der Waals surface area (Å²) in [7, 11) is 0. The summed E-state index contributed by atoms with van der Waals surface area (Å²) in [5, 5.41) is 5.96. The fourth-order valence-electron chi connectivity index (χ4n) is 8.71. The standard InChI is InChI=1S/C50H31N3OS/c1-2-13-33(14-3-1)51(34-26-28-35(29-27-34)52-42-20-7-4-15-37(42)38-16-5-8-21-43(38)52)48-41-31-32(25-30-44(41)53-45-22-9-11-24-47(45)55-50(48)53)36-18-12-19-40-39-17-6-10-23-46(39)54-49(36)40/h1-31H. The molecule has 0 aliphatic heterocycles. The lowest BCUT2D eigenvalue weighted by Gasteiger charge is -2.25. The van der Waals surface area contributed by atoms with Gasteiger partial charge in [-0.25, -0.2) is 0 Å². The first-order valence-electron chi connectivity index (χ1n) is 18.6. The van der Waals surface area contributed by atoms with Crippen LogP contribution in [-0.4, -0.2) is 8.97 Å². The first kappa shape index (κ1) is 30.4. The lowest BCUT2D eigenvalue weighted by atomic mass is 10.0. The number of benzene rings is 8. The molecule has 0 aliphatic rings. The molecule has 0 aliphatic carbocycles. The molecule has 4 nitrogen and oxygen atoms in total. The topological polar surface area (TPSA) is 25.7 Å². The summed E-state index contributed by atoms with van der Waals surface area (Å²) in [6.07, 6.45) is 0. The van der Waals surface area contributed by atoms with Gasteiger partial charge in [0.2, 0.25) is 0 Å². The van der Waals surface area contributed by atoms with Gasteiger partial charge in [0.05, 0.1) is 32.5 Å². The SMILES string of the molecule is c1ccc(N(c2ccc(-n3c4ccccc4c4ccccc43)cc2)c2c3cc(-c4cccc5c4oc4ccccc45)ccc3n3c2sc2ccccc23)cc1. The number of furan rings is 1. The Morgan fingerprint density at radius 1 is 0.455 bits per heavy atom. The molecular formula is C50H31N3OS. The molecular weight excluding hydrogens is 691 g/mol. The minimum Gasteiger partial charge on any atom is -0.455 e. The average Bonchev–Trinajstić information content (AvgIpc) is 3.99. The molecule has 0 fully saturated rings. The summed E-state index contributed by atoms with van der Waals surface area (Å²) in [5.74, 6) is 0. The molecule has 5 heteroatoms. The van der Waals surface area contributed by atoms with Gasteiger partial charge < -0.3 is 13.9 Å². The smallest absolute Gasteiger partial charge is 0.143 e. The van der Waals surface area contributed by atoms with Crippen LogP contribution in [0.5, 0.6) is 0 Å². The molecule has 0 spiro atoms. The van der Waals surface area contributed by atoms with Gasteiger partial charge in [-0.2, -0.15) is 0 Å². The third kappa shape index (κ3) is 4.45. The normalized spacial score (nSPS) is 12.0. The minimum absolute atomic E-state index is 0.905. The number of para-hydroxylation sites is 6. The second-order valence-electron chi connectivity index (χ2n) is 14.1. The first-order valence-corrected chi connectivity index (χ1v) is 19.4. The molecule has 4 aromatic heterocycles. The van der Waals surface area contributed by atoms with E-state index in [9.17, 15) is 0 Å². The molecule has 12 aromatic rings. The van der Waals surface area contributed by atoms with Crippen molar-refractivity contribution in [3.63, 3.8) is 0 Å². The summed E-state index contributed by atoms with van der Waals surface area (Å²) in [6.45, 7) is 0. The number of anilines is 3. The van der Waals surface area contributed by atoms with Crippen LogP contribution < -0.4 is 4.90 Å². The van der Waals surface area contributed by atoms with Gasteiger partial charge in [0, 0.05) is 49.6 Å². The Morgan fingerprint density at radius 3 is 1.87 bits per heavy atom. The second-order valence-corrected chi connectivity index (χ2v) is 15.2. The van der Waals surface area contributed by atoms with E-state index in [0.717, 1.165) is 55.8 Å². The Kier molecular flexibility index (Phi) is 6.47. The van der Waals surface area contributed by atoms with E-state index in [1.807, 2.05) is 17.4 Å². The molecule has 4 heterocycles. The Hall–Kier alpha value is -7.08. The Bertz CT molecular complexity index is 3380. The van der Waals surface area contributed by atoms with Crippen LogP contribution in [0.15, 0.2) is 192 Å². The van der Waals surface area contributed by atoms with Crippen LogP contribution in [0.25, 0.3) is 86.5 Å². The highest BCUT2D eigenvalue weighted by molar-refractivity contribution is 7.24. The van der Waals surface area contributed by atoms with Crippen molar-refractivity contribution >= 4 is 98.1 Å². The summed E-state index contributed by atoms with van der Waals surface area (Å²) in [6, 6.07) is 67.6. The zero-order valence-electron chi connectivity index (χ0n) is 29.6. The molecule has 0 saturated heterocycles. The molecule has 8 aromatic carbocycles. The molecule has 258 valence electrons. The molecule has 55 heavy (non-hydrogen) atoms. The van der Waals surface area contributed by atoms with E-state index in [-0.39, 0.29) is 0 Å². The van der Waals surface area contributed by atoms with E-state index >= 15 is 0 Å². The largest absolute Gasteiger partial charge is 0.455 e. The zero-order chi connectivity index (χ0) is 36.0. The van der Waals surface area contributed by atoms with Crippen molar-refractivity contribution in [2.45, 2.75) is 0 Å². The van der Waals surface area contributed by atoms with E-state index < -0.39 is 0 Å². The van der Waals surface area contributed by atoms with E-state index in [2.05, 4.69) is 196 Å². The molecule has 0 bridgehead atoms. The van der Waals surface area contributed by atoms with Crippen molar-refractivity contribution in [1.29, 1.82) is 0 Å². The lowest BCUT2D eigenvalue weighted by molar-refractivity contribution is 0.670. The molecule has 0 unspecified atom stereocenters. The number of fused-ring (bicyclic) bond motifs is 11. The average molecular weight is 722 g/mol. The zero-order valence-corrected chi connectivity index (χ0v) is 30.4. The lowest BCUT2D eigenvalue weighted by Crippen LogP contribution is -2.10. The molecule has 0 radical (unpaired) electrons. The Balaban J connectivity index is 1.11. The quantitative estimate of drug-likeness (QED) is 0.177. The van der Waals surface area contributed by atoms with Crippen molar-refractivity contribution in [2.75, 3.05) is 4.90 Å². The predicted octanol–water partition coefficient (Wildman–Crippen LogP) is 14.4. The molecule has 0 atom stereocenters. The van der Waals surface area contributed by atoms with Crippen LogP contribution in [0.3, 0.4) is 0 Å². The van der Waals surface area contributed by atoms with Crippen LogP contribution in [0, 0.1) is 0 Å². The van der Waals surface area contributed by atoms with Crippen LogP contribution in [-0.2, 0) is 0 Å². The predicted molar refractivity (Wildman–Crippen MR) is 232 cm³/mol. The minimum atomic E-state index is 0.905. The van der Waals surface area contributed by atoms with Gasteiger partial charge in [0.25, 0.3) is 0 Å². The monoisotopic (exact) mass is 721 g/mol. The highest BCUT2D eigenvalue weighted by atomic mass is 32.1. The van der Waals surface area contributed by atoms with Crippen molar-refractivity contribution in [3.8, 4) is 16.8 Å². The molecule has 0 saturated carbocycles. The number of hydrogen-bond acceptors (Lipinski definition) is 3. The first-order chi connectivity index (χ1) is 27.3. The number of aromatic nitrogens is 2. The molecule has 0 N–H and O–H groups in total. The van der Waals surface area contributed by atoms with Gasteiger partial charge >= 0.3 is 0 Å². The Labute approximate surface area is 319 Å². The number of nitrogens with zero attached hydrogens (tertiary/aromatic N) is 3. The van der Waals surface area contributed by atoms with Crippen LogP contribution >= 0.6 is 11.3 Å². The van der Waals surface area contributed by atoms with E-state index in [1.165, 1.54) is 47.8 Å². The highest BCUT2D eigenvalue weighted by Gasteiger charge is 2.25. The van der Waals surface area contributed by atoms with Crippen LogP contribution in [0.1, 0.15) is 0 Å². The fraction of sp³-hybridized carbons (Fsp3) is 0. The van der Waals surface area contributed by atoms with E-state index in [1.54, 1.807) is 0 Å². The van der Waals surface area contributed by atoms with Crippen molar-refractivity contribution in [2.24, 2.45) is 0 Å². The van der Waals surface area contributed by atoms with Crippen molar-refractivity contribution in [3.05, 3.63) is 188 Å². The van der Waals surface area contributed by atoms with Gasteiger partial charge in [-0.15, -0.1) is 11.3 Å². The summed E-state index contributed by atoms with van der Waals surface area (Å²) in [5.41, 5.74) is 13.3. The number of rotatable bonds is 5. The summed E-state index contributed by atoms with van der Waals surface area (Å²) >= 11 is 1.84. The summed E-state index contributed by atoms with van der Waals surface area (Å²) in [4.78, 5) is 3.64. The van der Waals surface area contributed by atoms with E-state index in [4.69, 9.17) is 4.42 Å². The third-order valence-corrected chi connectivity index (χ3v) is 12.2. The van der Waals surface area contributed by atoms with Crippen LogP contribution in [0.2, 0.25) is 0 Å². The van der Waals surface area contributed by atoms with Gasteiger partial charge in [0.15, 0.2) is 0 Å². The maximum absolute atomic E-state index is 6.55. The van der Waals surface area contributed by atoms with Crippen molar-refractivity contribution < 1.29 is 4.42 Å². The van der Waals surface area contributed by atoms with Gasteiger partial charge in [-0.1, -0.05) is 109 Å². The molecule has 12 rings (SSSR count). The van der Waals surface area contributed by atoms with Gasteiger partial charge in [-0.3, -0.25) is 4.40 Å². The van der Waals surface area contributed by atoms with Gasteiger partial charge in [0.1, 0.15) is 16.0 Å². The third-order valence-electron chi connectivity index (χ3n) is 11.1. The second kappa shape index (κ2) is 11.7. The fourth-order valence-corrected chi connectivity index (χ4v) is 9.92.